The van der Waals surface area contributed by atoms with E-state index in [1.165, 1.54) is 0 Å². The molecule has 0 aromatic rings. The van der Waals surface area contributed by atoms with Crippen molar-refractivity contribution in [3.8, 4) is 0 Å². The Morgan fingerprint density at radius 3 is 2.39 bits per heavy atom. The van der Waals surface area contributed by atoms with Gasteiger partial charge in [-0.05, 0) is 44.8 Å². The van der Waals surface area contributed by atoms with E-state index in [0.717, 1.165) is 13.0 Å². The SMILES string of the molecule is CC1CC(C(=O)O)CN(C(=O)NC(CCN(C)C)C(C)(C)C)C1. The molecule has 0 bridgehead atoms. The predicted molar refractivity (Wildman–Crippen MR) is 91.4 cm³/mol. The Hall–Kier alpha value is -1.30. The largest absolute Gasteiger partial charge is 0.481 e. The number of hydrogen-bond donors (Lipinski definition) is 2. The molecule has 0 aromatic heterocycles. The molecule has 1 saturated heterocycles. The van der Waals surface area contributed by atoms with Crippen molar-refractivity contribution in [1.82, 2.24) is 15.1 Å². The molecule has 0 aromatic carbocycles. The van der Waals surface area contributed by atoms with Crippen LogP contribution in [-0.4, -0.2) is 66.7 Å². The lowest BCUT2D eigenvalue weighted by atomic mass is 9.84. The fraction of sp³-hybridized carbons (Fsp3) is 0.882. The lowest BCUT2D eigenvalue weighted by Gasteiger charge is -2.38. The van der Waals surface area contributed by atoms with Crippen LogP contribution < -0.4 is 5.32 Å². The molecule has 1 aliphatic heterocycles. The molecule has 1 rings (SSSR count). The summed E-state index contributed by atoms with van der Waals surface area (Å²) in [6.07, 6.45) is 1.51. The van der Waals surface area contributed by atoms with Gasteiger partial charge in [-0.15, -0.1) is 0 Å². The van der Waals surface area contributed by atoms with Gasteiger partial charge in [0.05, 0.1) is 5.92 Å². The molecule has 2 amide bonds. The van der Waals surface area contributed by atoms with Crippen LogP contribution in [0.1, 0.15) is 40.5 Å². The lowest BCUT2D eigenvalue weighted by Crippen LogP contribution is -2.54. The molecule has 6 nitrogen and oxygen atoms in total. The first-order valence-electron chi connectivity index (χ1n) is 8.43. The van der Waals surface area contributed by atoms with Gasteiger partial charge < -0.3 is 20.2 Å². The minimum atomic E-state index is -0.811. The van der Waals surface area contributed by atoms with Crippen molar-refractivity contribution in [3.05, 3.63) is 0 Å². The van der Waals surface area contributed by atoms with Gasteiger partial charge in [0, 0.05) is 19.1 Å². The summed E-state index contributed by atoms with van der Waals surface area (Å²) < 4.78 is 0. The summed E-state index contributed by atoms with van der Waals surface area (Å²) in [5, 5.41) is 12.4. The monoisotopic (exact) mass is 327 g/mol. The molecule has 2 N–H and O–H groups in total. The maximum absolute atomic E-state index is 12.6. The molecular weight excluding hydrogens is 294 g/mol. The van der Waals surface area contributed by atoms with E-state index in [0.29, 0.717) is 19.5 Å². The van der Waals surface area contributed by atoms with E-state index in [1.54, 1.807) is 4.90 Å². The molecule has 0 saturated carbocycles. The number of carbonyl (C=O) groups is 2. The van der Waals surface area contributed by atoms with Crippen LogP contribution in [0.3, 0.4) is 0 Å². The lowest BCUT2D eigenvalue weighted by molar-refractivity contribution is -0.143. The maximum atomic E-state index is 12.6. The second-order valence-corrected chi connectivity index (χ2v) is 8.24. The van der Waals surface area contributed by atoms with Crippen molar-refractivity contribution in [2.45, 2.75) is 46.6 Å². The molecule has 6 heteroatoms. The third kappa shape index (κ3) is 6.37. The molecule has 1 heterocycles. The number of carboxylic acids is 1. The summed E-state index contributed by atoms with van der Waals surface area (Å²) in [4.78, 5) is 27.7. The Kier molecular flexibility index (Phi) is 6.86. The number of carbonyl (C=O) groups excluding carboxylic acids is 1. The van der Waals surface area contributed by atoms with Gasteiger partial charge >= 0.3 is 12.0 Å². The Balaban J connectivity index is 2.71. The molecule has 3 atom stereocenters. The van der Waals surface area contributed by atoms with Crippen LogP contribution in [0.2, 0.25) is 0 Å². The summed E-state index contributed by atoms with van der Waals surface area (Å²) in [5.74, 6) is -1.06. The zero-order valence-electron chi connectivity index (χ0n) is 15.4. The number of aliphatic carboxylic acids is 1. The van der Waals surface area contributed by atoms with Crippen LogP contribution in [-0.2, 0) is 4.79 Å². The van der Waals surface area contributed by atoms with E-state index >= 15 is 0 Å². The Labute approximate surface area is 140 Å². The minimum absolute atomic E-state index is 0.0424. The van der Waals surface area contributed by atoms with Gasteiger partial charge in [-0.2, -0.15) is 0 Å². The number of piperidine rings is 1. The summed E-state index contributed by atoms with van der Waals surface area (Å²) in [6.45, 7) is 10.2. The van der Waals surface area contributed by atoms with Crippen LogP contribution in [0.15, 0.2) is 0 Å². The molecule has 23 heavy (non-hydrogen) atoms. The van der Waals surface area contributed by atoms with Gasteiger partial charge in [-0.3, -0.25) is 4.79 Å². The summed E-state index contributed by atoms with van der Waals surface area (Å²) in [6, 6.07) is -0.0839. The van der Waals surface area contributed by atoms with E-state index in [-0.39, 0.29) is 23.4 Å². The molecule has 134 valence electrons. The first kappa shape index (κ1) is 19.7. The highest BCUT2D eigenvalue weighted by atomic mass is 16.4. The fourth-order valence-corrected chi connectivity index (χ4v) is 3.05. The topological polar surface area (TPSA) is 72.9 Å². The van der Waals surface area contributed by atoms with Crippen LogP contribution in [0.4, 0.5) is 4.79 Å². The Morgan fingerprint density at radius 1 is 1.30 bits per heavy atom. The maximum Gasteiger partial charge on any atom is 0.317 e. The number of nitrogens with one attached hydrogen (secondary N) is 1. The van der Waals surface area contributed by atoms with E-state index in [2.05, 4.69) is 31.0 Å². The predicted octanol–water partition coefficient (Wildman–Crippen LogP) is 2.10. The number of nitrogens with zero attached hydrogens (tertiary/aromatic N) is 2. The van der Waals surface area contributed by atoms with Crippen LogP contribution >= 0.6 is 0 Å². The van der Waals surface area contributed by atoms with Crippen molar-refractivity contribution in [2.24, 2.45) is 17.3 Å². The zero-order valence-corrected chi connectivity index (χ0v) is 15.4. The normalized spacial score (nSPS) is 23.7. The molecule has 1 aliphatic rings. The van der Waals surface area contributed by atoms with Crippen molar-refractivity contribution < 1.29 is 14.7 Å². The number of likely N-dealkylation sites (tertiary alicyclic amines) is 1. The number of hydrogen-bond acceptors (Lipinski definition) is 3. The van der Waals surface area contributed by atoms with Crippen LogP contribution in [0.25, 0.3) is 0 Å². The van der Waals surface area contributed by atoms with Crippen molar-refractivity contribution in [3.63, 3.8) is 0 Å². The second-order valence-electron chi connectivity index (χ2n) is 8.24. The van der Waals surface area contributed by atoms with Gasteiger partial charge in [0.15, 0.2) is 0 Å². The highest BCUT2D eigenvalue weighted by molar-refractivity contribution is 5.77. The van der Waals surface area contributed by atoms with Crippen LogP contribution in [0, 0.1) is 17.3 Å². The smallest absolute Gasteiger partial charge is 0.317 e. The zero-order chi connectivity index (χ0) is 17.8. The first-order chi connectivity index (χ1) is 10.5. The van der Waals surface area contributed by atoms with Crippen molar-refractivity contribution >= 4 is 12.0 Å². The molecule has 0 spiro atoms. The van der Waals surface area contributed by atoms with Gasteiger partial charge in [0.25, 0.3) is 0 Å². The van der Waals surface area contributed by atoms with E-state index < -0.39 is 11.9 Å². The van der Waals surface area contributed by atoms with Crippen LogP contribution in [0.5, 0.6) is 0 Å². The number of urea groups is 1. The molecule has 0 aliphatic carbocycles. The Bertz CT molecular complexity index is 418. The summed E-state index contributed by atoms with van der Waals surface area (Å²) in [5.41, 5.74) is -0.0424. The number of amides is 2. The minimum Gasteiger partial charge on any atom is -0.481 e. The standard InChI is InChI=1S/C17H33N3O3/c1-12-9-13(15(21)22)11-20(10-12)16(23)18-14(17(2,3)4)7-8-19(5)6/h12-14H,7-11H2,1-6H3,(H,18,23)(H,21,22). The fourth-order valence-electron chi connectivity index (χ4n) is 3.05. The molecular formula is C17H33N3O3. The number of carboxylic acid groups (broad SMARTS) is 1. The molecule has 0 radical (unpaired) electrons. The van der Waals surface area contributed by atoms with Gasteiger partial charge in [-0.1, -0.05) is 27.7 Å². The van der Waals surface area contributed by atoms with E-state index in [9.17, 15) is 14.7 Å². The second kappa shape index (κ2) is 7.99. The Morgan fingerprint density at radius 2 is 1.91 bits per heavy atom. The molecule has 3 unspecified atom stereocenters. The number of rotatable bonds is 5. The summed E-state index contributed by atoms with van der Waals surface area (Å²) >= 11 is 0. The summed E-state index contributed by atoms with van der Waals surface area (Å²) in [7, 11) is 4.04. The van der Waals surface area contributed by atoms with E-state index in [4.69, 9.17) is 0 Å². The highest BCUT2D eigenvalue weighted by Gasteiger charge is 2.34. The first-order valence-corrected chi connectivity index (χ1v) is 8.43. The molecule has 1 fully saturated rings. The highest BCUT2D eigenvalue weighted by Crippen LogP contribution is 2.25. The van der Waals surface area contributed by atoms with Crippen molar-refractivity contribution in [2.75, 3.05) is 33.7 Å². The average Bonchev–Trinajstić information content (AvgIpc) is 2.40. The average molecular weight is 327 g/mol. The quantitative estimate of drug-likeness (QED) is 0.811. The third-order valence-corrected chi connectivity index (χ3v) is 4.50. The van der Waals surface area contributed by atoms with Gasteiger partial charge in [0.2, 0.25) is 0 Å². The van der Waals surface area contributed by atoms with Crippen molar-refractivity contribution in [1.29, 1.82) is 0 Å². The third-order valence-electron chi connectivity index (χ3n) is 4.50. The van der Waals surface area contributed by atoms with Gasteiger partial charge in [0.1, 0.15) is 0 Å². The van der Waals surface area contributed by atoms with Gasteiger partial charge in [-0.25, -0.2) is 4.79 Å². The van der Waals surface area contributed by atoms with E-state index in [1.807, 2.05) is 21.0 Å².